The van der Waals surface area contributed by atoms with Crippen LogP contribution in [0.2, 0.25) is 0 Å². The van der Waals surface area contributed by atoms with Gasteiger partial charge in [0.1, 0.15) is 5.84 Å². The van der Waals surface area contributed by atoms with Gasteiger partial charge in [0, 0.05) is 34.0 Å². The van der Waals surface area contributed by atoms with Crippen molar-refractivity contribution in [3.63, 3.8) is 0 Å². The fraction of sp³-hybridized carbons (Fsp3) is 0.100. The Bertz CT molecular complexity index is 2870. The maximum Gasteiger partial charge on any atom is 0.172 e. The Morgan fingerprint density at radius 3 is 2.15 bits per heavy atom. The van der Waals surface area contributed by atoms with E-state index in [1.165, 1.54) is 32.9 Å². The topological polar surface area (TPSA) is 47.8 Å². The van der Waals surface area contributed by atoms with Crippen LogP contribution in [-0.4, -0.2) is 16.4 Å². The highest BCUT2D eigenvalue weighted by Crippen LogP contribution is 2.49. The van der Waals surface area contributed by atoms with E-state index in [2.05, 4.69) is 156 Å². The Morgan fingerprint density at radius 2 is 1.40 bits per heavy atom. The fourth-order valence-electron chi connectivity index (χ4n) is 8.45. The lowest BCUT2D eigenvalue weighted by Gasteiger charge is -2.28. The van der Waals surface area contributed by atoms with E-state index in [1.807, 2.05) is 24.3 Å². The van der Waals surface area contributed by atoms with Gasteiger partial charge in [-0.25, -0.2) is 4.99 Å². The molecule has 0 fully saturated rings. The maximum absolute atomic E-state index is 6.39. The third-order valence-corrected chi connectivity index (χ3v) is 11.3. The highest BCUT2D eigenvalue weighted by Gasteiger charge is 2.25. The standard InChI is InChI=1S/C50H37N3O2/c1-3-11-34(12-4-1)42-30-43(52-50(51-42)36-13-5-2-6-14-36)35-21-19-32(20-22-35)33-23-25-39(26-24-33)53-44-28-38-16-8-7-15-37(38)27-40(44)41-29-48-49(31-45(41)53)55-47-18-10-9-17-46(47)54-48/h1-3,5-11,13-19,21-32,42H,4,12,20H2,(H,51,52). The van der Waals surface area contributed by atoms with Crippen LogP contribution in [0.25, 0.3) is 38.3 Å². The van der Waals surface area contributed by atoms with Gasteiger partial charge in [0.05, 0.1) is 22.8 Å². The molecule has 1 aromatic heterocycles. The summed E-state index contributed by atoms with van der Waals surface area (Å²) in [6, 6.07) is 44.9. The number of nitrogens with one attached hydrogen (secondary N) is 1. The Morgan fingerprint density at radius 1 is 0.691 bits per heavy atom. The molecule has 7 aromatic rings. The molecular weight excluding hydrogens is 675 g/mol. The zero-order chi connectivity index (χ0) is 36.3. The van der Waals surface area contributed by atoms with E-state index in [9.17, 15) is 0 Å². The normalized spacial score (nSPS) is 18.7. The predicted molar refractivity (Wildman–Crippen MR) is 224 cm³/mol. The molecule has 0 amide bonds. The molecule has 0 saturated heterocycles. The fourth-order valence-corrected chi connectivity index (χ4v) is 8.45. The summed E-state index contributed by atoms with van der Waals surface area (Å²) < 4.78 is 15.1. The van der Waals surface area contributed by atoms with Crippen LogP contribution < -0.4 is 14.8 Å². The summed E-state index contributed by atoms with van der Waals surface area (Å²) in [5, 5.41) is 8.44. The number of hydrogen-bond acceptors (Lipinski definition) is 4. The van der Waals surface area contributed by atoms with E-state index in [0.717, 1.165) is 75.7 Å². The quantitative estimate of drug-likeness (QED) is 0.193. The minimum Gasteiger partial charge on any atom is -0.449 e. The Labute approximate surface area is 319 Å². The molecule has 55 heavy (non-hydrogen) atoms. The van der Waals surface area contributed by atoms with Crippen LogP contribution in [0.5, 0.6) is 23.0 Å². The number of para-hydroxylation sites is 2. The van der Waals surface area contributed by atoms with Crippen LogP contribution in [0, 0.1) is 0 Å². The van der Waals surface area contributed by atoms with E-state index in [1.54, 1.807) is 0 Å². The number of rotatable bonds is 5. The summed E-state index contributed by atoms with van der Waals surface area (Å²) >= 11 is 0. The number of amidine groups is 1. The van der Waals surface area contributed by atoms with E-state index in [4.69, 9.17) is 14.5 Å². The van der Waals surface area contributed by atoms with Gasteiger partial charge in [0.25, 0.3) is 0 Å². The Balaban J connectivity index is 0.928. The summed E-state index contributed by atoms with van der Waals surface area (Å²) in [5.41, 5.74) is 9.32. The molecule has 6 aromatic carbocycles. The summed E-state index contributed by atoms with van der Waals surface area (Å²) in [7, 11) is 0. The second kappa shape index (κ2) is 12.9. The van der Waals surface area contributed by atoms with Crippen molar-refractivity contribution in [3.05, 3.63) is 198 Å². The number of hydrogen-bond donors (Lipinski definition) is 1. The molecule has 2 unspecified atom stereocenters. The first kappa shape index (κ1) is 31.7. The molecule has 4 aliphatic rings. The van der Waals surface area contributed by atoms with Crippen molar-refractivity contribution in [2.24, 2.45) is 4.99 Å². The highest BCUT2D eigenvalue weighted by atomic mass is 16.6. The summed E-state index contributed by atoms with van der Waals surface area (Å²) in [6.45, 7) is 0. The van der Waals surface area contributed by atoms with Crippen molar-refractivity contribution < 1.29 is 9.47 Å². The van der Waals surface area contributed by atoms with Crippen LogP contribution in [0.15, 0.2) is 192 Å². The average Bonchev–Trinajstić information content (AvgIpc) is 3.56. The number of aromatic nitrogens is 1. The molecule has 11 rings (SSSR count). The van der Waals surface area contributed by atoms with E-state index < -0.39 is 0 Å². The van der Waals surface area contributed by atoms with Crippen molar-refractivity contribution in [1.82, 2.24) is 9.88 Å². The number of ether oxygens (including phenoxy) is 2. The third-order valence-electron chi connectivity index (χ3n) is 11.3. The second-order valence-electron chi connectivity index (χ2n) is 14.7. The number of allylic oxidation sites excluding steroid dienone is 6. The average molecular weight is 712 g/mol. The van der Waals surface area contributed by atoms with Gasteiger partial charge in [0.2, 0.25) is 0 Å². The minimum atomic E-state index is 0.117. The first-order chi connectivity index (χ1) is 27.2. The van der Waals surface area contributed by atoms with Crippen molar-refractivity contribution in [2.75, 3.05) is 0 Å². The number of aliphatic imine (C=N–C) groups is 1. The number of nitrogens with zero attached hydrogens (tertiary/aromatic N) is 2. The van der Waals surface area contributed by atoms with Gasteiger partial charge in [-0.15, -0.1) is 0 Å². The van der Waals surface area contributed by atoms with Gasteiger partial charge in [-0.3, -0.25) is 0 Å². The van der Waals surface area contributed by atoms with Crippen LogP contribution in [0.1, 0.15) is 36.3 Å². The number of fused-ring (bicyclic) bond motifs is 6. The minimum absolute atomic E-state index is 0.117. The molecule has 2 aliphatic heterocycles. The highest BCUT2D eigenvalue weighted by molar-refractivity contribution is 6.14. The van der Waals surface area contributed by atoms with E-state index in [-0.39, 0.29) is 12.0 Å². The van der Waals surface area contributed by atoms with Crippen molar-refractivity contribution in [2.45, 2.75) is 31.2 Å². The van der Waals surface area contributed by atoms with Gasteiger partial charge in [-0.2, -0.15) is 0 Å². The van der Waals surface area contributed by atoms with Crippen molar-refractivity contribution >= 4 is 38.4 Å². The van der Waals surface area contributed by atoms with E-state index in [0.29, 0.717) is 5.75 Å². The third kappa shape index (κ3) is 5.59. The molecule has 2 aliphatic carbocycles. The molecule has 5 nitrogen and oxygen atoms in total. The Kier molecular flexibility index (Phi) is 7.44. The van der Waals surface area contributed by atoms with Gasteiger partial charge < -0.3 is 19.4 Å². The molecule has 0 saturated carbocycles. The molecule has 1 N–H and O–H groups in total. The molecule has 5 heteroatoms. The molecular formula is C50H37N3O2. The first-order valence-corrected chi connectivity index (χ1v) is 19.1. The molecule has 2 atom stereocenters. The lowest BCUT2D eigenvalue weighted by atomic mass is 9.88. The molecule has 0 spiro atoms. The zero-order valence-electron chi connectivity index (χ0n) is 30.2. The van der Waals surface area contributed by atoms with Crippen molar-refractivity contribution in [3.8, 4) is 28.7 Å². The molecule has 0 bridgehead atoms. The first-order valence-electron chi connectivity index (χ1n) is 19.1. The summed E-state index contributed by atoms with van der Waals surface area (Å²) in [4.78, 5) is 5.15. The number of benzene rings is 6. The molecule has 264 valence electrons. The van der Waals surface area contributed by atoms with Crippen LogP contribution in [-0.2, 0) is 0 Å². The Hall–Kier alpha value is -6.85. The SMILES string of the molecule is C1=CCCC(C2C=C(C3=CCC(c4ccc(-n5c6cc7c(cc6c6cc8ccccc8cc65)Oc5ccccc5O7)cc4)C=C3)N=C(c3ccccc3)N2)=C1. The van der Waals surface area contributed by atoms with Crippen LogP contribution >= 0.6 is 0 Å². The largest absolute Gasteiger partial charge is 0.449 e. The molecule has 3 heterocycles. The van der Waals surface area contributed by atoms with Crippen LogP contribution in [0.4, 0.5) is 0 Å². The van der Waals surface area contributed by atoms with Crippen molar-refractivity contribution in [1.29, 1.82) is 0 Å². The van der Waals surface area contributed by atoms with Gasteiger partial charge in [-0.1, -0.05) is 115 Å². The summed E-state index contributed by atoms with van der Waals surface area (Å²) in [6.07, 6.45) is 19.0. The molecule has 0 radical (unpaired) electrons. The van der Waals surface area contributed by atoms with Gasteiger partial charge >= 0.3 is 0 Å². The smallest absolute Gasteiger partial charge is 0.172 e. The van der Waals surface area contributed by atoms with Gasteiger partial charge in [0.15, 0.2) is 23.0 Å². The van der Waals surface area contributed by atoms with E-state index >= 15 is 0 Å². The van der Waals surface area contributed by atoms with Gasteiger partial charge in [-0.05, 0) is 95.3 Å². The lowest BCUT2D eigenvalue weighted by Crippen LogP contribution is -2.38. The van der Waals surface area contributed by atoms with Crippen LogP contribution in [0.3, 0.4) is 0 Å². The predicted octanol–water partition coefficient (Wildman–Crippen LogP) is 12.4. The lowest BCUT2D eigenvalue weighted by molar-refractivity contribution is 0.360. The summed E-state index contributed by atoms with van der Waals surface area (Å²) in [5.74, 6) is 4.10. The maximum atomic E-state index is 6.39. The monoisotopic (exact) mass is 711 g/mol. The second-order valence-corrected chi connectivity index (χ2v) is 14.7. The zero-order valence-corrected chi connectivity index (χ0v) is 30.2.